The molecule has 100 valence electrons. The lowest BCUT2D eigenvalue weighted by Crippen LogP contribution is -2.53. The van der Waals surface area contributed by atoms with E-state index in [0.29, 0.717) is 5.54 Å². The Morgan fingerprint density at radius 2 is 2.00 bits per heavy atom. The summed E-state index contributed by atoms with van der Waals surface area (Å²) in [6, 6.07) is 0. The van der Waals surface area contributed by atoms with Crippen molar-refractivity contribution in [3.8, 4) is 0 Å². The van der Waals surface area contributed by atoms with Crippen molar-refractivity contribution in [2.24, 2.45) is 4.99 Å². The van der Waals surface area contributed by atoms with Crippen LogP contribution in [0.1, 0.15) is 32.1 Å². The quantitative estimate of drug-likeness (QED) is 0.755. The van der Waals surface area contributed by atoms with Crippen molar-refractivity contribution in [1.29, 1.82) is 0 Å². The molecule has 0 atom stereocenters. The van der Waals surface area contributed by atoms with Gasteiger partial charge in [-0.05, 0) is 33.4 Å². The van der Waals surface area contributed by atoms with E-state index < -0.39 is 0 Å². The highest BCUT2D eigenvalue weighted by atomic mass is 127. The van der Waals surface area contributed by atoms with E-state index in [-0.39, 0.29) is 24.0 Å². The summed E-state index contributed by atoms with van der Waals surface area (Å²) in [6.45, 7) is 3.04. The van der Waals surface area contributed by atoms with Gasteiger partial charge in [0.15, 0.2) is 5.96 Å². The molecule has 0 aromatic heterocycles. The summed E-state index contributed by atoms with van der Waals surface area (Å²) in [5, 5.41) is 6.80. The third-order valence-electron chi connectivity index (χ3n) is 3.97. The number of nitrogens with one attached hydrogen (secondary N) is 2. The SMILES string of the molecule is CN(C)C1(CNC2=NCCCN2)CCCC1.I. The average molecular weight is 352 g/mol. The molecule has 5 heteroatoms. The maximum absolute atomic E-state index is 4.46. The second-order valence-corrected chi connectivity index (χ2v) is 5.19. The first-order valence-corrected chi connectivity index (χ1v) is 6.43. The van der Waals surface area contributed by atoms with Gasteiger partial charge < -0.3 is 15.5 Å². The van der Waals surface area contributed by atoms with Gasteiger partial charge in [-0.1, -0.05) is 12.8 Å². The third-order valence-corrected chi connectivity index (χ3v) is 3.97. The van der Waals surface area contributed by atoms with Gasteiger partial charge in [0.25, 0.3) is 0 Å². The Kier molecular flexibility index (Phi) is 5.99. The van der Waals surface area contributed by atoms with Crippen molar-refractivity contribution < 1.29 is 0 Å². The number of rotatable bonds is 3. The van der Waals surface area contributed by atoms with Gasteiger partial charge in [-0.25, -0.2) is 0 Å². The Morgan fingerprint density at radius 3 is 2.53 bits per heavy atom. The van der Waals surface area contributed by atoms with Crippen molar-refractivity contribution >= 4 is 29.9 Å². The molecule has 0 amide bonds. The summed E-state index contributed by atoms with van der Waals surface area (Å²) in [6.07, 6.45) is 6.49. The number of nitrogens with zero attached hydrogens (tertiary/aromatic N) is 2. The molecule has 0 bridgehead atoms. The van der Waals surface area contributed by atoms with Crippen molar-refractivity contribution in [3.63, 3.8) is 0 Å². The van der Waals surface area contributed by atoms with E-state index in [4.69, 9.17) is 0 Å². The van der Waals surface area contributed by atoms with Crippen LogP contribution in [0.25, 0.3) is 0 Å². The van der Waals surface area contributed by atoms with Crippen LogP contribution in [0, 0.1) is 0 Å². The van der Waals surface area contributed by atoms with Crippen LogP contribution in [0.5, 0.6) is 0 Å². The molecule has 0 aromatic rings. The lowest BCUT2D eigenvalue weighted by atomic mass is 9.96. The highest BCUT2D eigenvalue weighted by molar-refractivity contribution is 14.0. The summed E-state index contributed by atoms with van der Waals surface area (Å²) in [4.78, 5) is 6.84. The van der Waals surface area contributed by atoms with Gasteiger partial charge in [0.05, 0.1) is 0 Å². The number of guanidine groups is 1. The second-order valence-electron chi connectivity index (χ2n) is 5.19. The fraction of sp³-hybridized carbons (Fsp3) is 0.917. The monoisotopic (exact) mass is 352 g/mol. The Bertz CT molecular complexity index is 259. The predicted molar refractivity (Wildman–Crippen MR) is 83.2 cm³/mol. The van der Waals surface area contributed by atoms with E-state index in [9.17, 15) is 0 Å². The fourth-order valence-electron chi connectivity index (χ4n) is 2.71. The van der Waals surface area contributed by atoms with E-state index in [2.05, 4.69) is 34.6 Å². The van der Waals surface area contributed by atoms with Gasteiger partial charge in [0, 0.05) is 25.2 Å². The lowest BCUT2D eigenvalue weighted by Gasteiger charge is -2.37. The summed E-state index contributed by atoms with van der Waals surface area (Å²) in [7, 11) is 4.40. The number of halogens is 1. The van der Waals surface area contributed by atoms with Crippen LogP contribution >= 0.6 is 24.0 Å². The molecule has 0 saturated heterocycles. The predicted octanol–water partition coefficient (Wildman–Crippen LogP) is 1.42. The molecule has 2 rings (SSSR count). The zero-order chi connectivity index (χ0) is 11.4. The molecular formula is C12H25IN4. The molecule has 2 N–H and O–H groups in total. The standard InChI is InChI=1S/C12H24N4.HI/c1-16(2)12(6-3-4-7-12)10-15-11-13-8-5-9-14-11;/h3-10H2,1-2H3,(H2,13,14,15);1H. The lowest BCUT2D eigenvalue weighted by molar-refractivity contribution is 0.160. The van der Waals surface area contributed by atoms with Gasteiger partial charge in [0.1, 0.15) is 0 Å². The van der Waals surface area contributed by atoms with E-state index in [1.165, 1.54) is 25.7 Å². The van der Waals surface area contributed by atoms with Crippen molar-refractivity contribution in [2.75, 3.05) is 33.7 Å². The first-order valence-electron chi connectivity index (χ1n) is 6.43. The minimum Gasteiger partial charge on any atom is -0.356 e. The number of hydrogen-bond acceptors (Lipinski definition) is 4. The number of hydrogen-bond donors (Lipinski definition) is 2. The minimum absolute atomic E-state index is 0. The van der Waals surface area contributed by atoms with Crippen LogP contribution in [0.2, 0.25) is 0 Å². The van der Waals surface area contributed by atoms with E-state index in [0.717, 1.165) is 32.0 Å². The van der Waals surface area contributed by atoms with Gasteiger partial charge >= 0.3 is 0 Å². The smallest absolute Gasteiger partial charge is 0.191 e. The van der Waals surface area contributed by atoms with E-state index in [1.54, 1.807) is 0 Å². The topological polar surface area (TPSA) is 39.7 Å². The molecule has 0 aromatic carbocycles. The first-order chi connectivity index (χ1) is 7.73. The number of aliphatic imine (C=N–C) groups is 1. The molecule has 1 aliphatic carbocycles. The van der Waals surface area contributed by atoms with Crippen LogP contribution in [-0.2, 0) is 0 Å². The summed E-state index contributed by atoms with van der Waals surface area (Å²) in [5.74, 6) is 0.999. The highest BCUT2D eigenvalue weighted by Crippen LogP contribution is 2.32. The summed E-state index contributed by atoms with van der Waals surface area (Å²) < 4.78 is 0. The molecule has 0 unspecified atom stereocenters. The van der Waals surface area contributed by atoms with Gasteiger partial charge in [-0.15, -0.1) is 24.0 Å². The van der Waals surface area contributed by atoms with Gasteiger partial charge in [-0.2, -0.15) is 0 Å². The molecule has 17 heavy (non-hydrogen) atoms. The maximum atomic E-state index is 4.46. The molecule has 0 spiro atoms. The molecule has 1 heterocycles. The molecule has 1 fully saturated rings. The molecule has 4 nitrogen and oxygen atoms in total. The second kappa shape index (κ2) is 6.78. The molecule has 1 saturated carbocycles. The van der Waals surface area contributed by atoms with Crippen molar-refractivity contribution in [3.05, 3.63) is 0 Å². The highest BCUT2D eigenvalue weighted by Gasteiger charge is 2.35. The molecule has 1 aliphatic heterocycles. The van der Waals surface area contributed by atoms with Crippen molar-refractivity contribution in [2.45, 2.75) is 37.6 Å². The average Bonchev–Trinajstić information content (AvgIpc) is 2.78. The number of likely N-dealkylation sites (N-methyl/N-ethyl adjacent to an activating group) is 1. The van der Waals surface area contributed by atoms with Gasteiger partial charge in [-0.3, -0.25) is 4.99 Å². The third kappa shape index (κ3) is 3.71. The first kappa shape index (κ1) is 15.0. The zero-order valence-electron chi connectivity index (χ0n) is 11.0. The largest absolute Gasteiger partial charge is 0.356 e. The summed E-state index contributed by atoms with van der Waals surface area (Å²) >= 11 is 0. The fourth-order valence-corrected chi connectivity index (χ4v) is 2.71. The van der Waals surface area contributed by atoms with Gasteiger partial charge in [0.2, 0.25) is 0 Å². The normalized spacial score (nSPS) is 22.6. The van der Waals surface area contributed by atoms with Crippen molar-refractivity contribution in [1.82, 2.24) is 15.5 Å². The Balaban J connectivity index is 0.00000144. The summed E-state index contributed by atoms with van der Waals surface area (Å²) in [5.41, 5.74) is 0.349. The molecule has 0 radical (unpaired) electrons. The van der Waals surface area contributed by atoms with Crippen LogP contribution in [-0.4, -0.2) is 50.1 Å². The Morgan fingerprint density at radius 1 is 1.29 bits per heavy atom. The minimum atomic E-state index is 0. The maximum Gasteiger partial charge on any atom is 0.191 e. The van der Waals surface area contributed by atoms with Crippen LogP contribution < -0.4 is 10.6 Å². The van der Waals surface area contributed by atoms with E-state index >= 15 is 0 Å². The Labute approximate surface area is 122 Å². The zero-order valence-corrected chi connectivity index (χ0v) is 13.3. The molecule has 2 aliphatic rings. The van der Waals surface area contributed by atoms with Crippen LogP contribution in [0.3, 0.4) is 0 Å². The van der Waals surface area contributed by atoms with Crippen LogP contribution in [0.4, 0.5) is 0 Å². The Hall–Kier alpha value is -0.0400. The molecular weight excluding hydrogens is 327 g/mol. The van der Waals surface area contributed by atoms with E-state index in [1.807, 2.05) is 0 Å². The van der Waals surface area contributed by atoms with Crippen LogP contribution in [0.15, 0.2) is 4.99 Å².